The Morgan fingerprint density at radius 3 is 2.57 bits per heavy atom. The zero-order valence-electron chi connectivity index (χ0n) is 8.50. The number of rotatable bonds is 3. The van der Waals surface area contributed by atoms with Crippen molar-refractivity contribution in [3.05, 3.63) is 29.8 Å². The Labute approximate surface area is 85.5 Å². The first-order chi connectivity index (χ1) is 6.92. The van der Waals surface area contributed by atoms with E-state index in [0.717, 1.165) is 12.0 Å². The predicted octanol–water partition coefficient (Wildman–Crippen LogP) is 3.53. The molecule has 0 saturated heterocycles. The van der Waals surface area contributed by atoms with Crippen LogP contribution in [0.15, 0.2) is 24.3 Å². The second-order valence-corrected chi connectivity index (χ2v) is 4.67. The van der Waals surface area contributed by atoms with Crippen molar-refractivity contribution in [2.75, 3.05) is 5.32 Å². The first-order valence-electron chi connectivity index (χ1n) is 5.78. The van der Waals surface area contributed by atoms with E-state index in [4.69, 9.17) is 0 Å². The van der Waals surface area contributed by atoms with Crippen LogP contribution < -0.4 is 5.32 Å². The third-order valence-electron chi connectivity index (χ3n) is 3.41. The van der Waals surface area contributed by atoms with E-state index in [1.807, 2.05) is 0 Å². The van der Waals surface area contributed by atoms with Gasteiger partial charge in [0.05, 0.1) is 0 Å². The molecule has 1 heteroatoms. The molecule has 1 aromatic rings. The van der Waals surface area contributed by atoms with Crippen molar-refractivity contribution in [2.24, 2.45) is 0 Å². The van der Waals surface area contributed by atoms with Crippen LogP contribution in [-0.4, -0.2) is 6.04 Å². The Bertz CT molecular complexity index is 324. The molecular weight excluding hydrogens is 170 g/mol. The summed E-state index contributed by atoms with van der Waals surface area (Å²) in [7, 11) is 0. The molecule has 0 bridgehead atoms. The number of hydrogen-bond acceptors (Lipinski definition) is 1. The molecule has 0 spiro atoms. The van der Waals surface area contributed by atoms with Crippen molar-refractivity contribution in [1.29, 1.82) is 0 Å². The maximum atomic E-state index is 3.56. The Hall–Kier alpha value is -0.980. The summed E-state index contributed by atoms with van der Waals surface area (Å²) in [6.45, 7) is 0. The van der Waals surface area contributed by atoms with Gasteiger partial charge >= 0.3 is 0 Å². The quantitative estimate of drug-likeness (QED) is 0.763. The van der Waals surface area contributed by atoms with Gasteiger partial charge in [-0.1, -0.05) is 18.6 Å². The Morgan fingerprint density at radius 2 is 1.93 bits per heavy atom. The maximum absolute atomic E-state index is 3.56. The summed E-state index contributed by atoms with van der Waals surface area (Å²) in [5.74, 6) is 0.857. The number of benzene rings is 1. The van der Waals surface area contributed by atoms with Crippen LogP contribution in [0, 0.1) is 0 Å². The van der Waals surface area contributed by atoms with Crippen LogP contribution >= 0.6 is 0 Å². The van der Waals surface area contributed by atoms with Crippen LogP contribution in [0.5, 0.6) is 0 Å². The highest BCUT2D eigenvalue weighted by atomic mass is 14.9. The average Bonchev–Trinajstić information content (AvgIpc) is 2.85. The normalized spacial score (nSPS) is 21.7. The van der Waals surface area contributed by atoms with E-state index in [2.05, 4.69) is 29.6 Å². The average molecular weight is 187 g/mol. The van der Waals surface area contributed by atoms with E-state index in [-0.39, 0.29) is 0 Å². The molecule has 1 aromatic carbocycles. The third kappa shape index (κ3) is 1.63. The molecular formula is C13H17N. The molecule has 2 aliphatic rings. The lowest BCUT2D eigenvalue weighted by molar-refractivity contribution is 0.420. The zero-order chi connectivity index (χ0) is 9.38. The van der Waals surface area contributed by atoms with Crippen LogP contribution in [0.3, 0.4) is 0 Å². The second-order valence-electron chi connectivity index (χ2n) is 4.67. The molecule has 14 heavy (non-hydrogen) atoms. The number of hydrogen-bond donors (Lipinski definition) is 1. The van der Waals surface area contributed by atoms with Crippen molar-refractivity contribution in [3.63, 3.8) is 0 Å². The van der Waals surface area contributed by atoms with Gasteiger partial charge in [-0.3, -0.25) is 0 Å². The van der Waals surface area contributed by atoms with Gasteiger partial charge in [-0.05, 0) is 49.3 Å². The van der Waals surface area contributed by atoms with Gasteiger partial charge in [-0.2, -0.15) is 0 Å². The molecule has 2 aliphatic carbocycles. The summed E-state index contributed by atoms with van der Waals surface area (Å²) >= 11 is 0. The van der Waals surface area contributed by atoms with Gasteiger partial charge in [0.2, 0.25) is 0 Å². The number of anilines is 1. The van der Waals surface area contributed by atoms with Crippen molar-refractivity contribution in [3.8, 4) is 0 Å². The van der Waals surface area contributed by atoms with E-state index in [9.17, 15) is 0 Å². The van der Waals surface area contributed by atoms with Gasteiger partial charge < -0.3 is 5.32 Å². The van der Waals surface area contributed by atoms with Gasteiger partial charge in [-0.25, -0.2) is 0 Å². The fourth-order valence-corrected chi connectivity index (χ4v) is 2.09. The monoisotopic (exact) mass is 187 g/mol. The molecule has 3 rings (SSSR count). The molecule has 0 aromatic heterocycles. The summed E-state index contributed by atoms with van der Waals surface area (Å²) in [6.07, 6.45) is 6.92. The number of nitrogens with one attached hydrogen (secondary N) is 1. The molecule has 1 nitrogen and oxygen atoms in total. The topological polar surface area (TPSA) is 12.0 Å². The fraction of sp³-hybridized carbons (Fsp3) is 0.538. The molecule has 2 fully saturated rings. The molecule has 74 valence electrons. The lowest BCUT2D eigenvalue weighted by Crippen LogP contribution is -2.09. The Morgan fingerprint density at radius 1 is 1.07 bits per heavy atom. The molecule has 0 heterocycles. The highest BCUT2D eigenvalue weighted by Gasteiger charge is 2.22. The largest absolute Gasteiger partial charge is 0.382 e. The molecule has 0 aliphatic heterocycles. The van der Waals surface area contributed by atoms with Gasteiger partial charge in [0.1, 0.15) is 0 Å². The molecule has 2 saturated carbocycles. The van der Waals surface area contributed by atoms with Crippen LogP contribution in [0.2, 0.25) is 0 Å². The minimum Gasteiger partial charge on any atom is -0.382 e. The maximum Gasteiger partial charge on any atom is 0.0345 e. The first kappa shape index (κ1) is 8.34. The molecule has 1 N–H and O–H groups in total. The highest BCUT2D eigenvalue weighted by molar-refractivity contribution is 5.48. The summed E-state index contributed by atoms with van der Waals surface area (Å²) < 4.78 is 0. The van der Waals surface area contributed by atoms with E-state index in [0.29, 0.717) is 0 Å². The minimum atomic E-state index is 0.770. The minimum absolute atomic E-state index is 0.770. The Balaban J connectivity index is 1.75. The first-order valence-corrected chi connectivity index (χ1v) is 5.78. The highest BCUT2D eigenvalue weighted by Crippen LogP contribution is 2.37. The van der Waals surface area contributed by atoms with Crippen molar-refractivity contribution in [2.45, 2.75) is 44.1 Å². The lowest BCUT2D eigenvalue weighted by Gasteiger charge is -2.26. The summed E-state index contributed by atoms with van der Waals surface area (Å²) in [5, 5.41) is 3.56. The zero-order valence-corrected chi connectivity index (χ0v) is 8.50. The summed E-state index contributed by atoms with van der Waals surface area (Å²) in [4.78, 5) is 0. The van der Waals surface area contributed by atoms with Gasteiger partial charge in [0.15, 0.2) is 0 Å². The second kappa shape index (κ2) is 3.30. The van der Waals surface area contributed by atoms with Crippen molar-refractivity contribution in [1.82, 2.24) is 0 Å². The van der Waals surface area contributed by atoms with Gasteiger partial charge in [0.25, 0.3) is 0 Å². The molecule has 0 atom stereocenters. The fourth-order valence-electron chi connectivity index (χ4n) is 2.09. The van der Waals surface area contributed by atoms with Crippen molar-refractivity contribution < 1.29 is 0 Å². The third-order valence-corrected chi connectivity index (χ3v) is 3.41. The predicted molar refractivity (Wildman–Crippen MR) is 59.7 cm³/mol. The van der Waals surface area contributed by atoms with E-state index < -0.39 is 0 Å². The summed E-state index contributed by atoms with van der Waals surface area (Å²) in [5.41, 5.74) is 2.87. The summed E-state index contributed by atoms with van der Waals surface area (Å²) in [6, 6.07) is 9.79. The van der Waals surface area contributed by atoms with Gasteiger partial charge in [0, 0.05) is 11.7 Å². The van der Waals surface area contributed by atoms with Crippen LogP contribution in [0.4, 0.5) is 5.69 Å². The lowest BCUT2D eigenvalue weighted by atomic mass is 9.80. The Kier molecular flexibility index (Phi) is 1.97. The van der Waals surface area contributed by atoms with Crippen LogP contribution in [0.25, 0.3) is 0 Å². The SMILES string of the molecule is c1cc(NC2CC2)cc(C2CCC2)c1. The van der Waals surface area contributed by atoms with Crippen molar-refractivity contribution >= 4 is 5.69 Å². The smallest absolute Gasteiger partial charge is 0.0345 e. The molecule has 0 amide bonds. The molecule has 0 unspecified atom stereocenters. The molecule has 0 radical (unpaired) electrons. The van der Waals surface area contributed by atoms with E-state index in [1.165, 1.54) is 37.8 Å². The van der Waals surface area contributed by atoms with Crippen LogP contribution in [0.1, 0.15) is 43.6 Å². The van der Waals surface area contributed by atoms with E-state index in [1.54, 1.807) is 5.56 Å². The van der Waals surface area contributed by atoms with Gasteiger partial charge in [-0.15, -0.1) is 0 Å². The standard InChI is InChI=1S/C13H17N/c1-3-10(4-1)11-5-2-6-13(9-11)14-12-7-8-12/h2,5-6,9-10,12,14H,1,3-4,7-8H2. The van der Waals surface area contributed by atoms with Crippen LogP contribution in [-0.2, 0) is 0 Å². The van der Waals surface area contributed by atoms with E-state index >= 15 is 0 Å².